The summed E-state index contributed by atoms with van der Waals surface area (Å²) < 4.78 is 16.1. The van der Waals surface area contributed by atoms with Crippen molar-refractivity contribution in [2.75, 3.05) is 24.1 Å². The van der Waals surface area contributed by atoms with Gasteiger partial charge in [-0.2, -0.15) is 0 Å². The maximum Gasteiger partial charge on any atom is 0.332 e. The Morgan fingerprint density at radius 3 is 2.61 bits per heavy atom. The fourth-order valence-corrected chi connectivity index (χ4v) is 4.28. The van der Waals surface area contributed by atoms with E-state index in [2.05, 4.69) is 5.32 Å². The van der Waals surface area contributed by atoms with Gasteiger partial charge in [0.1, 0.15) is 11.8 Å². The quantitative estimate of drug-likeness (QED) is 0.475. The third kappa shape index (κ3) is 4.65. The lowest BCUT2D eigenvalue weighted by molar-refractivity contribution is -0.124. The van der Waals surface area contributed by atoms with Gasteiger partial charge in [0.15, 0.2) is 11.5 Å². The van der Waals surface area contributed by atoms with Gasteiger partial charge in [0.25, 0.3) is 5.91 Å². The summed E-state index contributed by atoms with van der Waals surface area (Å²) in [6, 6.07) is 17.0. The molecule has 1 N–H and O–H groups in total. The molecule has 36 heavy (non-hydrogen) atoms. The normalized spacial score (nSPS) is 16.4. The Morgan fingerprint density at radius 1 is 1.06 bits per heavy atom. The van der Waals surface area contributed by atoms with Gasteiger partial charge in [0, 0.05) is 23.3 Å². The zero-order chi connectivity index (χ0) is 25.2. The van der Waals surface area contributed by atoms with Gasteiger partial charge in [0.05, 0.1) is 19.2 Å². The molecule has 1 fully saturated rings. The van der Waals surface area contributed by atoms with Crippen molar-refractivity contribution in [1.29, 1.82) is 0 Å². The van der Waals surface area contributed by atoms with Gasteiger partial charge in [-0.05, 0) is 54.1 Å². The van der Waals surface area contributed by atoms with E-state index >= 15 is 0 Å². The van der Waals surface area contributed by atoms with Crippen LogP contribution in [0, 0.1) is 0 Å². The molecule has 1 saturated heterocycles. The Morgan fingerprint density at radius 2 is 1.83 bits per heavy atom. The first-order valence-electron chi connectivity index (χ1n) is 11.2. The zero-order valence-corrected chi connectivity index (χ0v) is 20.0. The van der Waals surface area contributed by atoms with Crippen LogP contribution in [0.25, 0.3) is 0 Å². The van der Waals surface area contributed by atoms with Crippen LogP contribution in [0.2, 0.25) is 5.02 Å². The van der Waals surface area contributed by atoms with E-state index in [9.17, 15) is 14.4 Å². The van der Waals surface area contributed by atoms with E-state index < -0.39 is 23.9 Å². The number of hydrogen-bond acceptors (Lipinski definition) is 6. The van der Waals surface area contributed by atoms with E-state index in [-0.39, 0.29) is 19.8 Å². The standard InChI is InChI=1S/C26H22ClN3O6/c1-34-20-4-2-3-19(12-20)30-25(32)21(13-24(31)28-18-8-6-17(27)7-9-18)29(26(30)33)14-16-5-10-22-23(11-16)36-15-35-22/h2-12,21H,13-15H2,1H3,(H,28,31)/t21-/m0/s1. The lowest BCUT2D eigenvalue weighted by Gasteiger charge is -2.22. The van der Waals surface area contributed by atoms with Crippen LogP contribution < -0.4 is 24.4 Å². The molecule has 2 heterocycles. The summed E-state index contributed by atoms with van der Waals surface area (Å²) in [6.45, 7) is 0.220. The van der Waals surface area contributed by atoms with Crippen LogP contribution in [-0.4, -0.2) is 42.7 Å². The highest BCUT2D eigenvalue weighted by molar-refractivity contribution is 6.30. The number of urea groups is 1. The smallest absolute Gasteiger partial charge is 0.332 e. The molecule has 0 aliphatic carbocycles. The lowest BCUT2D eigenvalue weighted by atomic mass is 10.1. The van der Waals surface area contributed by atoms with Crippen molar-refractivity contribution in [3.63, 3.8) is 0 Å². The molecule has 0 aromatic heterocycles. The van der Waals surface area contributed by atoms with E-state index in [4.69, 9.17) is 25.8 Å². The molecule has 2 aliphatic heterocycles. The summed E-state index contributed by atoms with van der Waals surface area (Å²) in [6.07, 6.45) is -0.224. The fourth-order valence-electron chi connectivity index (χ4n) is 4.16. The summed E-state index contributed by atoms with van der Waals surface area (Å²) in [4.78, 5) is 42.4. The van der Waals surface area contributed by atoms with Crippen LogP contribution in [0.3, 0.4) is 0 Å². The van der Waals surface area contributed by atoms with Gasteiger partial charge < -0.3 is 24.4 Å². The molecular formula is C26H22ClN3O6. The van der Waals surface area contributed by atoms with Crippen LogP contribution in [0.1, 0.15) is 12.0 Å². The average molecular weight is 508 g/mol. The number of anilines is 2. The summed E-state index contributed by atoms with van der Waals surface area (Å²) in [7, 11) is 1.50. The predicted octanol–water partition coefficient (Wildman–Crippen LogP) is 4.44. The predicted molar refractivity (Wildman–Crippen MR) is 132 cm³/mol. The van der Waals surface area contributed by atoms with Crippen molar-refractivity contribution < 1.29 is 28.6 Å². The minimum atomic E-state index is -1.01. The van der Waals surface area contributed by atoms with E-state index in [1.54, 1.807) is 66.7 Å². The number of hydrogen-bond donors (Lipinski definition) is 1. The number of amides is 4. The maximum absolute atomic E-state index is 13.5. The second-order valence-corrected chi connectivity index (χ2v) is 8.68. The molecule has 0 unspecified atom stereocenters. The van der Waals surface area contributed by atoms with E-state index in [0.717, 1.165) is 10.5 Å². The Hall–Kier alpha value is -4.24. The van der Waals surface area contributed by atoms with E-state index in [1.807, 2.05) is 0 Å². The fraction of sp³-hybridized carbons (Fsp3) is 0.192. The Bertz CT molecular complexity index is 1330. The van der Waals surface area contributed by atoms with Crippen molar-refractivity contribution in [2.45, 2.75) is 19.0 Å². The molecule has 3 aromatic carbocycles. The molecule has 2 aliphatic rings. The first-order valence-corrected chi connectivity index (χ1v) is 11.5. The Kier molecular flexibility index (Phi) is 6.39. The summed E-state index contributed by atoms with van der Waals surface area (Å²) >= 11 is 5.92. The summed E-state index contributed by atoms with van der Waals surface area (Å²) in [5.74, 6) is 0.762. The molecule has 0 radical (unpaired) electrons. The molecule has 3 aromatic rings. The van der Waals surface area contributed by atoms with Gasteiger partial charge in [0.2, 0.25) is 12.7 Å². The van der Waals surface area contributed by atoms with Crippen LogP contribution in [0.4, 0.5) is 16.2 Å². The summed E-state index contributed by atoms with van der Waals surface area (Å²) in [5, 5.41) is 3.30. The second kappa shape index (κ2) is 9.79. The molecule has 1 atom stereocenters. The number of carbonyl (C=O) groups excluding carboxylic acids is 3. The third-order valence-corrected chi connectivity index (χ3v) is 6.18. The first-order chi connectivity index (χ1) is 17.4. The van der Waals surface area contributed by atoms with Crippen LogP contribution in [0.5, 0.6) is 17.2 Å². The Labute approximate surface area is 212 Å². The molecule has 184 valence electrons. The topological polar surface area (TPSA) is 97.4 Å². The van der Waals surface area contributed by atoms with Crippen LogP contribution >= 0.6 is 11.6 Å². The van der Waals surface area contributed by atoms with E-state index in [0.29, 0.717) is 33.6 Å². The maximum atomic E-state index is 13.5. The van der Waals surface area contributed by atoms with Gasteiger partial charge in [-0.25, -0.2) is 9.69 Å². The zero-order valence-electron chi connectivity index (χ0n) is 19.3. The van der Waals surface area contributed by atoms with Crippen molar-refractivity contribution in [2.24, 2.45) is 0 Å². The van der Waals surface area contributed by atoms with Crippen molar-refractivity contribution >= 4 is 40.8 Å². The first kappa shape index (κ1) is 23.5. The SMILES string of the molecule is COc1cccc(N2C(=O)[C@H](CC(=O)Nc3ccc(Cl)cc3)N(Cc3ccc4c(c3)OCO4)C2=O)c1. The third-order valence-electron chi connectivity index (χ3n) is 5.93. The number of methoxy groups -OCH3 is 1. The largest absolute Gasteiger partial charge is 0.497 e. The number of fused-ring (bicyclic) bond motifs is 1. The highest BCUT2D eigenvalue weighted by Crippen LogP contribution is 2.35. The van der Waals surface area contributed by atoms with E-state index in [1.165, 1.54) is 12.0 Å². The van der Waals surface area contributed by atoms with Crippen molar-refractivity contribution in [3.8, 4) is 17.2 Å². The molecule has 0 spiro atoms. The second-order valence-electron chi connectivity index (χ2n) is 8.25. The van der Waals surface area contributed by atoms with Gasteiger partial charge in [-0.3, -0.25) is 9.59 Å². The minimum absolute atomic E-state index is 0.0978. The number of carbonyl (C=O) groups is 3. The molecule has 0 bridgehead atoms. The van der Waals surface area contributed by atoms with Crippen LogP contribution in [0.15, 0.2) is 66.7 Å². The number of rotatable bonds is 7. The molecule has 5 rings (SSSR count). The molecule has 0 saturated carbocycles. The highest BCUT2D eigenvalue weighted by atomic mass is 35.5. The monoisotopic (exact) mass is 507 g/mol. The Balaban J connectivity index is 1.42. The van der Waals surface area contributed by atoms with Gasteiger partial charge in [-0.15, -0.1) is 0 Å². The number of nitrogens with zero attached hydrogens (tertiary/aromatic N) is 2. The number of nitrogens with one attached hydrogen (secondary N) is 1. The molecule has 10 heteroatoms. The number of benzene rings is 3. The average Bonchev–Trinajstić information content (AvgIpc) is 3.43. The van der Waals surface area contributed by atoms with Gasteiger partial charge in [-0.1, -0.05) is 23.7 Å². The summed E-state index contributed by atoms with van der Waals surface area (Å²) in [5.41, 5.74) is 1.63. The molecular weight excluding hydrogens is 486 g/mol. The highest BCUT2D eigenvalue weighted by Gasteiger charge is 2.46. The van der Waals surface area contributed by atoms with Crippen molar-refractivity contribution in [1.82, 2.24) is 4.90 Å². The number of ether oxygens (including phenoxy) is 3. The van der Waals surface area contributed by atoms with Crippen molar-refractivity contribution in [3.05, 3.63) is 77.3 Å². The minimum Gasteiger partial charge on any atom is -0.497 e. The number of imide groups is 1. The molecule has 9 nitrogen and oxygen atoms in total. The number of halogens is 1. The molecule has 4 amide bonds. The van der Waals surface area contributed by atoms with Crippen LogP contribution in [-0.2, 0) is 16.1 Å². The van der Waals surface area contributed by atoms with Gasteiger partial charge >= 0.3 is 6.03 Å². The lowest BCUT2D eigenvalue weighted by Crippen LogP contribution is -2.37.